The SMILES string of the molecule is CN1C(C)(C)CC(C(=O)NCCCCCCCCNC(=O)C2CC(C)(C)N(C)C2(C)C)C1(C)C. The van der Waals surface area contributed by atoms with Gasteiger partial charge in [0.05, 0.1) is 11.8 Å². The highest BCUT2D eigenvalue weighted by Gasteiger charge is 2.53. The second kappa shape index (κ2) is 10.9. The minimum atomic E-state index is -0.108. The van der Waals surface area contributed by atoms with Crippen molar-refractivity contribution in [3.8, 4) is 0 Å². The zero-order valence-corrected chi connectivity index (χ0v) is 23.9. The molecule has 2 atom stereocenters. The van der Waals surface area contributed by atoms with Crippen molar-refractivity contribution in [2.45, 2.75) is 129 Å². The second-order valence-electron chi connectivity index (χ2n) is 13.3. The topological polar surface area (TPSA) is 64.7 Å². The van der Waals surface area contributed by atoms with Crippen LogP contribution in [-0.4, -0.2) is 71.0 Å². The molecule has 0 aromatic rings. The predicted molar refractivity (Wildman–Crippen MR) is 142 cm³/mol. The maximum Gasteiger partial charge on any atom is 0.225 e. The first-order valence-corrected chi connectivity index (χ1v) is 13.6. The molecule has 2 heterocycles. The zero-order chi connectivity index (χ0) is 25.9. The Balaban J connectivity index is 1.54. The summed E-state index contributed by atoms with van der Waals surface area (Å²) in [6.07, 6.45) is 8.54. The standard InChI is InChI=1S/C28H54N4O2/c1-25(2)19-21(27(5,6)31(25)9)23(33)29-17-15-13-11-12-14-16-18-30-24(34)22-20-26(3,4)32(10)28(22,7)8/h21-22H,11-20H2,1-10H3,(H,29,33)(H,30,34). The summed E-state index contributed by atoms with van der Waals surface area (Å²) in [4.78, 5) is 30.2. The van der Waals surface area contributed by atoms with Gasteiger partial charge in [-0.05, 0) is 95.2 Å². The molecule has 6 nitrogen and oxygen atoms in total. The lowest BCUT2D eigenvalue weighted by Crippen LogP contribution is -2.49. The number of hydrogen-bond donors (Lipinski definition) is 2. The van der Waals surface area contributed by atoms with Gasteiger partial charge in [0.1, 0.15) is 0 Å². The number of nitrogens with one attached hydrogen (secondary N) is 2. The van der Waals surface area contributed by atoms with Gasteiger partial charge < -0.3 is 10.6 Å². The molecule has 0 spiro atoms. The highest BCUT2D eigenvalue weighted by molar-refractivity contribution is 5.81. The average Bonchev–Trinajstić information content (AvgIpc) is 3.01. The van der Waals surface area contributed by atoms with Crippen LogP contribution in [-0.2, 0) is 9.59 Å². The second-order valence-corrected chi connectivity index (χ2v) is 13.3. The van der Waals surface area contributed by atoms with Crippen LogP contribution >= 0.6 is 0 Å². The molecule has 0 aromatic carbocycles. The van der Waals surface area contributed by atoms with E-state index in [9.17, 15) is 9.59 Å². The molecule has 2 amide bonds. The van der Waals surface area contributed by atoms with Gasteiger partial charge in [0.15, 0.2) is 0 Å². The van der Waals surface area contributed by atoms with Crippen LogP contribution < -0.4 is 10.6 Å². The Hall–Kier alpha value is -1.14. The zero-order valence-electron chi connectivity index (χ0n) is 23.9. The van der Waals surface area contributed by atoms with Crippen LogP contribution in [0.15, 0.2) is 0 Å². The molecule has 2 saturated heterocycles. The summed E-state index contributed by atoms with van der Waals surface area (Å²) in [5.41, 5.74) is -0.0955. The number of carbonyl (C=O) groups excluding carboxylic acids is 2. The molecule has 0 bridgehead atoms. The van der Waals surface area contributed by atoms with Gasteiger partial charge in [0.25, 0.3) is 0 Å². The number of rotatable bonds is 11. The predicted octanol–water partition coefficient (Wildman–Crippen LogP) is 4.58. The van der Waals surface area contributed by atoms with Gasteiger partial charge in [-0.15, -0.1) is 0 Å². The van der Waals surface area contributed by atoms with E-state index in [0.717, 1.165) is 51.6 Å². The molecule has 198 valence electrons. The van der Waals surface area contributed by atoms with E-state index in [1.807, 2.05) is 0 Å². The van der Waals surface area contributed by atoms with Gasteiger partial charge in [-0.3, -0.25) is 19.4 Å². The van der Waals surface area contributed by atoms with Crippen molar-refractivity contribution >= 4 is 11.8 Å². The Morgan fingerprint density at radius 1 is 0.618 bits per heavy atom. The van der Waals surface area contributed by atoms with Gasteiger partial charge >= 0.3 is 0 Å². The highest BCUT2D eigenvalue weighted by Crippen LogP contribution is 2.44. The van der Waals surface area contributed by atoms with Crippen molar-refractivity contribution in [2.75, 3.05) is 27.2 Å². The summed E-state index contributed by atoms with van der Waals surface area (Å²) in [5.74, 6) is 0.504. The molecular formula is C28H54N4O2. The van der Waals surface area contributed by atoms with E-state index in [0.29, 0.717) is 0 Å². The van der Waals surface area contributed by atoms with Crippen LogP contribution in [0, 0.1) is 11.8 Å². The van der Waals surface area contributed by atoms with Crippen molar-refractivity contribution in [1.29, 1.82) is 0 Å². The summed E-state index contributed by atoms with van der Waals surface area (Å²) >= 11 is 0. The number of unbranched alkanes of at least 4 members (excludes halogenated alkanes) is 5. The first kappa shape index (κ1) is 29.1. The van der Waals surface area contributed by atoms with Crippen molar-refractivity contribution in [3.05, 3.63) is 0 Å². The lowest BCUT2D eigenvalue weighted by Gasteiger charge is -2.38. The van der Waals surface area contributed by atoms with E-state index < -0.39 is 0 Å². The van der Waals surface area contributed by atoms with Crippen molar-refractivity contribution in [2.24, 2.45) is 11.8 Å². The van der Waals surface area contributed by atoms with Crippen molar-refractivity contribution in [3.63, 3.8) is 0 Å². The van der Waals surface area contributed by atoms with Crippen LogP contribution in [0.1, 0.15) is 107 Å². The van der Waals surface area contributed by atoms with Crippen molar-refractivity contribution < 1.29 is 9.59 Å². The number of hydrogen-bond acceptors (Lipinski definition) is 4. The van der Waals surface area contributed by atoms with E-state index in [-0.39, 0.29) is 45.8 Å². The van der Waals surface area contributed by atoms with E-state index in [1.54, 1.807) is 0 Å². The lowest BCUT2D eigenvalue weighted by molar-refractivity contribution is -0.128. The fraction of sp³-hybridized carbons (Fsp3) is 0.929. The van der Waals surface area contributed by atoms with Crippen LogP contribution in [0.25, 0.3) is 0 Å². The average molecular weight is 479 g/mol. The number of amides is 2. The first-order chi connectivity index (χ1) is 15.5. The Kier molecular flexibility index (Phi) is 9.29. The molecule has 2 fully saturated rings. The minimum absolute atomic E-state index is 0.0454. The van der Waals surface area contributed by atoms with Crippen LogP contribution in [0.2, 0.25) is 0 Å². The largest absolute Gasteiger partial charge is 0.356 e. The third-order valence-corrected chi connectivity index (χ3v) is 9.49. The summed E-state index contributed by atoms with van der Waals surface area (Å²) in [6.45, 7) is 19.2. The maximum absolute atomic E-state index is 12.8. The normalized spacial score (nSPS) is 27.6. The van der Waals surface area contributed by atoms with Crippen LogP contribution in [0.4, 0.5) is 0 Å². The molecule has 0 aliphatic carbocycles. The molecule has 2 aliphatic heterocycles. The Morgan fingerprint density at radius 3 is 1.18 bits per heavy atom. The van der Waals surface area contributed by atoms with Crippen LogP contribution in [0.5, 0.6) is 0 Å². The third-order valence-electron chi connectivity index (χ3n) is 9.49. The summed E-state index contributed by atoms with van der Waals surface area (Å²) in [7, 11) is 4.26. The van der Waals surface area contributed by atoms with Gasteiger partial charge in [-0.25, -0.2) is 0 Å². The monoisotopic (exact) mass is 478 g/mol. The first-order valence-electron chi connectivity index (χ1n) is 13.6. The Bertz CT molecular complexity index is 653. The number of nitrogens with zero attached hydrogens (tertiary/aromatic N) is 2. The van der Waals surface area contributed by atoms with E-state index in [4.69, 9.17) is 0 Å². The fourth-order valence-corrected chi connectivity index (χ4v) is 6.25. The molecule has 0 saturated carbocycles. The molecule has 0 aromatic heterocycles. The van der Waals surface area contributed by atoms with Gasteiger partial charge in [0.2, 0.25) is 11.8 Å². The number of carbonyl (C=O) groups is 2. The lowest BCUT2D eigenvalue weighted by atomic mass is 9.86. The summed E-state index contributed by atoms with van der Waals surface area (Å²) in [6, 6.07) is 0. The maximum atomic E-state index is 12.8. The van der Waals surface area contributed by atoms with Crippen molar-refractivity contribution in [1.82, 2.24) is 20.4 Å². The molecular weight excluding hydrogens is 424 g/mol. The van der Waals surface area contributed by atoms with Gasteiger partial charge in [-0.1, -0.05) is 25.7 Å². The summed E-state index contributed by atoms with van der Waals surface area (Å²) < 4.78 is 0. The fourth-order valence-electron chi connectivity index (χ4n) is 6.25. The smallest absolute Gasteiger partial charge is 0.225 e. The Morgan fingerprint density at radius 2 is 0.912 bits per heavy atom. The summed E-state index contributed by atoms with van der Waals surface area (Å²) in [5, 5.41) is 6.38. The number of likely N-dealkylation sites (tertiary alicyclic amines) is 2. The quantitative estimate of drug-likeness (QED) is 0.427. The minimum Gasteiger partial charge on any atom is -0.356 e. The molecule has 2 aliphatic rings. The molecule has 2 unspecified atom stereocenters. The Labute approximate surface area is 210 Å². The third kappa shape index (κ3) is 6.34. The molecule has 2 rings (SSSR count). The molecule has 2 N–H and O–H groups in total. The van der Waals surface area contributed by atoms with Gasteiger partial charge in [0, 0.05) is 35.2 Å². The van der Waals surface area contributed by atoms with Crippen LogP contribution in [0.3, 0.4) is 0 Å². The van der Waals surface area contributed by atoms with E-state index in [1.165, 1.54) is 12.8 Å². The highest BCUT2D eigenvalue weighted by atomic mass is 16.2. The molecule has 0 radical (unpaired) electrons. The van der Waals surface area contributed by atoms with E-state index >= 15 is 0 Å². The van der Waals surface area contributed by atoms with E-state index in [2.05, 4.69) is 89.9 Å². The van der Waals surface area contributed by atoms with Gasteiger partial charge in [-0.2, -0.15) is 0 Å². The molecule has 34 heavy (non-hydrogen) atoms. The molecule has 6 heteroatoms.